The van der Waals surface area contributed by atoms with E-state index in [9.17, 15) is 0 Å². The fourth-order valence-corrected chi connectivity index (χ4v) is 0.269. The highest BCUT2D eigenvalue weighted by molar-refractivity contribution is 5.22. The van der Waals surface area contributed by atoms with Crippen molar-refractivity contribution in [2.45, 2.75) is 13.3 Å². The van der Waals surface area contributed by atoms with E-state index in [0.717, 1.165) is 5.57 Å². The van der Waals surface area contributed by atoms with Crippen molar-refractivity contribution in [2.75, 3.05) is 6.61 Å². The monoisotopic (exact) mass is 110 g/mol. The van der Waals surface area contributed by atoms with Crippen LogP contribution in [0.5, 0.6) is 0 Å². The molecule has 0 saturated carbocycles. The summed E-state index contributed by atoms with van der Waals surface area (Å²) in [6.45, 7) is 5.55. The molecule has 0 fully saturated rings. The van der Waals surface area contributed by atoms with Crippen molar-refractivity contribution in [1.29, 1.82) is 0 Å². The lowest BCUT2D eigenvalue weighted by atomic mass is 10.3. The molecule has 0 aromatic carbocycles. The number of rotatable bonds is 1. The lowest BCUT2D eigenvalue weighted by molar-refractivity contribution is 0.305. The summed E-state index contributed by atoms with van der Waals surface area (Å²) in [5, 5.41) is 8.25. The smallest absolute Gasteiger partial charge is 0.0540 e. The van der Waals surface area contributed by atoms with Gasteiger partial charge in [-0.2, -0.15) is 0 Å². The van der Waals surface area contributed by atoms with Gasteiger partial charge in [-0.15, -0.1) is 0 Å². The van der Waals surface area contributed by atoms with E-state index in [1.807, 2.05) is 6.92 Å². The molecule has 0 bridgehead atoms. The minimum Gasteiger partial charge on any atom is -0.395 e. The number of hydrogen-bond donors (Lipinski definition) is 1. The minimum absolute atomic E-state index is 0.139. The second-order valence-corrected chi connectivity index (χ2v) is 1.56. The average Bonchev–Trinajstić information content (AvgIpc) is 1.66. The van der Waals surface area contributed by atoms with Gasteiger partial charge in [0.25, 0.3) is 0 Å². The predicted octanol–water partition coefficient (Wildman–Crippen LogP) is 0.948. The van der Waals surface area contributed by atoms with Crippen molar-refractivity contribution < 1.29 is 5.11 Å². The van der Waals surface area contributed by atoms with E-state index in [2.05, 4.69) is 18.4 Å². The highest BCUT2D eigenvalue weighted by atomic mass is 16.2. The third-order valence-corrected chi connectivity index (χ3v) is 0.539. The summed E-state index contributed by atoms with van der Waals surface area (Å²) in [7, 11) is 0. The molecule has 1 N–H and O–H groups in total. The van der Waals surface area contributed by atoms with E-state index in [4.69, 9.17) is 5.11 Å². The van der Waals surface area contributed by atoms with E-state index in [0.29, 0.717) is 6.42 Å². The molecule has 8 heavy (non-hydrogen) atoms. The summed E-state index contributed by atoms with van der Waals surface area (Å²) in [6, 6.07) is 0. The largest absolute Gasteiger partial charge is 0.395 e. The summed E-state index contributed by atoms with van der Waals surface area (Å²) < 4.78 is 0. The van der Waals surface area contributed by atoms with Crippen LogP contribution in [0, 0.1) is 11.8 Å². The van der Waals surface area contributed by atoms with Crippen molar-refractivity contribution in [3.63, 3.8) is 0 Å². The maximum atomic E-state index is 8.25. The molecule has 44 valence electrons. The standard InChI is InChI=1S/C7H10O/c1-7(2)5-3-4-6-8/h8H,1,4,6H2,2H3. The van der Waals surface area contributed by atoms with E-state index in [1.165, 1.54) is 0 Å². The SMILES string of the molecule is C=C(C)C#CCCO. The summed E-state index contributed by atoms with van der Waals surface area (Å²) in [5.74, 6) is 5.48. The molecule has 0 heterocycles. The topological polar surface area (TPSA) is 20.2 Å². The number of allylic oxidation sites excluding steroid dienone is 1. The summed E-state index contributed by atoms with van der Waals surface area (Å²) >= 11 is 0. The first-order valence-electron chi connectivity index (χ1n) is 2.52. The maximum Gasteiger partial charge on any atom is 0.0540 e. The maximum absolute atomic E-state index is 8.25. The lowest BCUT2D eigenvalue weighted by Crippen LogP contribution is -1.75. The Morgan fingerprint density at radius 1 is 1.75 bits per heavy atom. The molecule has 1 heteroatoms. The van der Waals surface area contributed by atoms with Crippen LogP contribution in [0.25, 0.3) is 0 Å². The third-order valence-electron chi connectivity index (χ3n) is 0.539. The summed E-state index contributed by atoms with van der Waals surface area (Å²) in [4.78, 5) is 0. The molecule has 0 aliphatic carbocycles. The lowest BCUT2D eigenvalue weighted by Gasteiger charge is -1.77. The second kappa shape index (κ2) is 4.42. The van der Waals surface area contributed by atoms with Crippen molar-refractivity contribution in [3.8, 4) is 11.8 Å². The van der Waals surface area contributed by atoms with Crippen LogP contribution in [0.3, 0.4) is 0 Å². The molecular formula is C7H10O. The Hall–Kier alpha value is -0.740. The van der Waals surface area contributed by atoms with Gasteiger partial charge < -0.3 is 5.11 Å². The molecular weight excluding hydrogens is 100 g/mol. The molecule has 0 radical (unpaired) electrons. The van der Waals surface area contributed by atoms with Gasteiger partial charge in [-0.05, 0) is 12.5 Å². The Balaban J connectivity index is 3.35. The Kier molecular flexibility index (Phi) is 4.01. The van der Waals surface area contributed by atoms with Crippen LogP contribution in [-0.2, 0) is 0 Å². The highest BCUT2D eigenvalue weighted by Crippen LogP contribution is 1.80. The summed E-state index contributed by atoms with van der Waals surface area (Å²) in [5.41, 5.74) is 0.846. The first kappa shape index (κ1) is 7.26. The second-order valence-electron chi connectivity index (χ2n) is 1.56. The predicted molar refractivity (Wildman–Crippen MR) is 34.3 cm³/mol. The first-order valence-corrected chi connectivity index (χ1v) is 2.52. The van der Waals surface area contributed by atoms with Gasteiger partial charge in [0.05, 0.1) is 6.61 Å². The highest BCUT2D eigenvalue weighted by Gasteiger charge is 1.70. The molecule has 0 aromatic heterocycles. The molecule has 1 nitrogen and oxygen atoms in total. The van der Waals surface area contributed by atoms with Crippen LogP contribution < -0.4 is 0 Å². The van der Waals surface area contributed by atoms with E-state index >= 15 is 0 Å². The zero-order valence-corrected chi connectivity index (χ0v) is 5.07. The van der Waals surface area contributed by atoms with E-state index in [1.54, 1.807) is 0 Å². The van der Waals surface area contributed by atoms with Crippen LogP contribution >= 0.6 is 0 Å². The van der Waals surface area contributed by atoms with Crippen molar-refractivity contribution in [1.82, 2.24) is 0 Å². The molecule has 0 aliphatic heterocycles. The van der Waals surface area contributed by atoms with Crippen molar-refractivity contribution >= 4 is 0 Å². The molecule has 0 rings (SSSR count). The van der Waals surface area contributed by atoms with Gasteiger partial charge in [-0.3, -0.25) is 0 Å². The Labute approximate surface area is 50.0 Å². The van der Waals surface area contributed by atoms with Gasteiger partial charge in [0.15, 0.2) is 0 Å². The zero-order valence-electron chi connectivity index (χ0n) is 5.07. The molecule has 0 saturated heterocycles. The van der Waals surface area contributed by atoms with Crippen LogP contribution in [0.1, 0.15) is 13.3 Å². The normalized spacial score (nSPS) is 7.25. The zero-order chi connectivity index (χ0) is 6.41. The molecule has 0 aromatic rings. The van der Waals surface area contributed by atoms with E-state index in [-0.39, 0.29) is 6.61 Å². The van der Waals surface area contributed by atoms with Crippen LogP contribution in [-0.4, -0.2) is 11.7 Å². The van der Waals surface area contributed by atoms with Gasteiger partial charge in [-0.25, -0.2) is 0 Å². The van der Waals surface area contributed by atoms with Crippen LogP contribution in [0.2, 0.25) is 0 Å². The number of aliphatic hydroxyl groups excluding tert-OH is 1. The molecule has 0 spiro atoms. The van der Waals surface area contributed by atoms with Crippen LogP contribution in [0.4, 0.5) is 0 Å². The molecule has 0 amide bonds. The minimum atomic E-state index is 0.139. The van der Waals surface area contributed by atoms with Gasteiger partial charge in [0.1, 0.15) is 0 Å². The van der Waals surface area contributed by atoms with E-state index < -0.39 is 0 Å². The quantitative estimate of drug-likeness (QED) is 0.498. The van der Waals surface area contributed by atoms with Gasteiger partial charge in [0.2, 0.25) is 0 Å². The number of aliphatic hydroxyl groups is 1. The van der Waals surface area contributed by atoms with Gasteiger partial charge in [-0.1, -0.05) is 18.4 Å². The molecule has 0 unspecified atom stereocenters. The fourth-order valence-electron chi connectivity index (χ4n) is 0.269. The van der Waals surface area contributed by atoms with Gasteiger partial charge >= 0.3 is 0 Å². The fraction of sp³-hybridized carbons (Fsp3) is 0.429. The Bertz CT molecular complexity index is 125. The van der Waals surface area contributed by atoms with Gasteiger partial charge in [0, 0.05) is 6.42 Å². The van der Waals surface area contributed by atoms with Crippen molar-refractivity contribution in [2.24, 2.45) is 0 Å². The van der Waals surface area contributed by atoms with Crippen LogP contribution in [0.15, 0.2) is 12.2 Å². The third kappa shape index (κ3) is 5.26. The number of hydrogen-bond acceptors (Lipinski definition) is 1. The van der Waals surface area contributed by atoms with Crippen molar-refractivity contribution in [3.05, 3.63) is 12.2 Å². The molecule has 0 atom stereocenters. The average molecular weight is 110 g/mol. The Morgan fingerprint density at radius 2 is 2.38 bits per heavy atom. The Morgan fingerprint density at radius 3 is 2.75 bits per heavy atom. The molecule has 0 aliphatic rings. The first-order chi connectivity index (χ1) is 3.77. The summed E-state index contributed by atoms with van der Waals surface area (Å²) in [6.07, 6.45) is 0.548.